The topological polar surface area (TPSA) is 74.1 Å². The van der Waals surface area contributed by atoms with Crippen molar-refractivity contribution >= 4 is 22.3 Å². The number of anilines is 2. The molecule has 0 atom stereocenters. The van der Waals surface area contributed by atoms with Crippen LogP contribution < -0.4 is 15.0 Å². The fourth-order valence-corrected chi connectivity index (χ4v) is 4.47. The van der Waals surface area contributed by atoms with Gasteiger partial charge in [-0.15, -0.1) is 11.3 Å². The molecule has 4 rings (SSSR count). The van der Waals surface area contributed by atoms with E-state index >= 15 is 0 Å². The van der Waals surface area contributed by atoms with E-state index in [1.54, 1.807) is 18.4 Å². The average molecular weight is 377 g/mol. The summed E-state index contributed by atoms with van der Waals surface area (Å²) in [5.74, 6) is 1.52. The predicted molar refractivity (Wildman–Crippen MR) is 107 cm³/mol. The fraction of sp³-hybridized carbons (Fsp3) is 0.250. The quantitative estimate of drug-likeness (QED) is 0.747. The summed E-state index contributed by atoms with van der Waals surface area (Å²) in [6.07, 6.45) is 4.53. The van der Waals surface area contributed by atoms with Gasteiger partial charge < -0.3 is 15.0 Å². The first-order valence-corrected chi connectivity index (χ1v) is 9.49. The van der Waals surface area contributed by atoms with E-state index in [4.69, 9.17) is 4.74 Å². The Morgan fingerprint density at radius 3 is 2.78 bits per heavy atom. The Balaban J connectivity index is 1.57. The van der Waals surface area contributed by atoms with Gasteiger partial charge in [0.05, 0.1) is 19.2 Å². The SMILES string of the molecule is CNc1sc2c(c1C#N)CCN(c1ncc(-c3cccc(OC)c3)cn1)C2. The first kappa shape index (κ1) is 17.3. The molecule has 136 valence electrons. The number of methoxy groups -OCH3 is 1. The number of hydrogen-bond acceptors (Lipinski definition) is 7. The second kappa shape index (κ2) is 7.25. The molecular formula is C20H19N5OS. The monoisotopic (exact) mass is 377 g/mol. The van der Waals surface area contributed by atoms with E-state index in [9.17, 15) is 5.26 Å². The number of fused-ring (bicyclic) bond motifs is 1. The third kappa shape index (κ3) is 3.20. The number of rotatable bonds is 4. The van der Waals surface area contributed by atoms with E-state index in [0.717, 1.165) is 52.5 Å². The number of hydrogen-bond donors (Lipinski definition) is 1. The highest BCUT2D eigenvalue weighted by molar-refractivity contribution is 7.16. The van der Waals surface area contributed by atoms with Crippen LogP contribution >= 0.6 is 11.3 Å². The zero-order chi connectivity index (χ0) is 18.8. The second-order valence-electron chi connectivity index (χ2n) is 6.24. The van der Waals surface area contributed by atoms with Gasteiger partial charge in [-0.1, -0.05) is 12.1 Å². The molecule has 0 saturated carbocycles. The summed E-state index contributed by atoms with van der Waals surface area (Å²) < 4.78 is 5.28. The summed E-state index contributed by atoms with van der Waals surface area (Å²) >= 11 is 1.64. The Labute approximate surface area is 162 Å². The van der Waals surface area contributed by atoms with Gasteiger partial charge in [-0.3, -0.25) is 0 Å². The van der Waals surface area contributed by atoms with Crippen LogP contribution in [-0.2, 0) is 13.0 Å². The maximum Gasteiger partial charge on any atom is 0.225 e. The maximum absolute atomic E-state index is 9.42. The number of nitrogens with one attached hydrogen (secondary N) is 1. The number of thiophene rings is 1. The smallest absolute Gasteiger partial charge is 0.225 e. The predicted octanol–water partition coefficient (Wildman–Crippen LogP) is 3.69. The molecule has 1 aromatic carbocycles. The van der Waals surface area contributed by atoms with E-state index in [1.807, 2.05) is 43.7 Å². The van der Waals surface area contributed by atoms with Gasteiger partial charge in [0, 0.05) is 36.4 Å². The highest BCUT2D eigenvalue weighted by Gasteiger charge is 2.25. The van der Waals surface area contributed by atoms with Crippen LogP contribution in [0.5, 0.6) is 5.75 Å². The number of ether oxygens (including phenoxy) is 1. The number of nitriles is 1. The van der Waals surface area contributed by atoms with Crippen LogP contribution in [0.25, 0.3) is 11.1 Å². The molecule has 7 heteroatoms. The molecular weight excluding hydrogens is 358 g/mol. The Hall–Kier alpha value is -3.11. The van der Waals surface area contributed by atoms with Crippen molar-refractivity contribution in [2.24, 2.45) is 0 Å². The van der Waals surface area contributed by atoms with Gasteiger partial charge in [0.1, 0.15) is 16.8 Å². The van der Waals surface area contributed by atoms with Gasteiger partial charge in [-0.25, -0.2) is 9.97 Å². The fourth-order valence-electron chi connectivity index (χ4n) is 3.30. The van der Waals surface area contributed by atoms with Gasteiger partial charge in [0.2, 0.25) is 5.95 Å². The van der Waals surface area contributed by atoms with Crippen molar-refractivity contribution in [3.63, 3.8) is 0 Å². The first-order chi connectivity index (χ1) is 13.2. The molecule has 3 aromatic rings. The second-order valence-corrected chi connectivity index (χ2v) is 7.35. The van der Waals surface area contributed by atoms with Crippen molar-refractivity contribution < 1.29 is 4.74 Å². The van der Waals surface area contributed by atoms with Gasteiger partial charge in [-0.05, 0) is 29.7 Å². The summed E-state index contributed by atoms with van der Waals surface area (Å²) in [5, 5.41) is 13.5. The molecule has 0 aliphatic carbocycles. The zero-order valence-corrected chi connectivity index (χ0v) is 16.0. The molecule has 2 aromatic heterocycles. The first-order valence-electron chi connectivity index (χ1n) is 8.67. The normalized spacial score (nSPS) is 13.0. The summed E-state index contributed by atoms with van der Waals surface area (Å²) in [5.41, 5.74) is 3.93. The lowest BCUT2D eigenvalue weighted by Crippen LogP contribution is -2.31. The van der Waals surface area contributed by atoms with Gasteiger partial charge in [-0.2, -0.15) is 5.26 Å². The van der Waals surface area contributed by atoms with Crippen LogP contribution in [0.1, 0.15) is 16.0 Å². The van der Waals surface area contributed by atoms with Crippen molar-refractivity contribution in [3.8, 4) is 22.9 Å². The molecule has 0 fully saturated rings. The summed E-state index contributed by atoms with van der Waals surface area (Å²) in [7, 11) is 3.52. The minimum atomic E-state index is 0.713. The van der Waals surface area contributed by atoms with Crippen LogP contribution in [0.4, 0.5) is 10.9 Å². The molecule has 0 radical (unpaired) electrons. The van der Waals surface area contributed by atoms with Crippen LogP contribution in [0.2, 0.25) is 0 Å². The molecule has 0 unspecified atom stereocenters. The highest BCUT2D eigenvalue weighted by Crippen LogP contribution is 2.37. The molecule has 0 saturated heterocycles. The van der Waals surface area contributed by atoms with E-state index in [2.05, 4.69) is 26.3 Å². The highest BCUT2D eigenvalue weighted by atomic mass is 32.1. The molecule has 0 spiro atoms. The summed E-state index contributed by atoms with van der Waals surface area (Å²) in [4.78, 5) is 12.5. The average Bonchev–Trinajstić information content (AvgIpc) is 3.10. The number of benzene rings is 1. The van der Waals surface area contributed by atoms with Crippen molar-refractivity contribution in [2.45, 2.75) is 13.0 Å². The van der Waals surface area contributed by atoms with Gasteiger partial charge >= 0.3 is 0 Å². The van der Waals surface area contributed by atoms with E-state index < -0.39 is 0 Å². The van der Waals surface area contributed by atoms with E-state index in [0.29, 0.717) is 5.95 Å². The molecule has 1 aliphatic heterocycles. The Bertz CT molecular complexity index is 1010. The zero-order valence-electron chi connectivity index (χ0n) is 15.2. The van der Waals surface area contributed by atoms with Gasteiger partial charge in [0.25, 0.3) is 0 Å². The van der Waals surface area contributed by atoms with Crippen molar-refractivity contribution in [3.05, 3.63) is 52.7 Å². The van der Waals surface area contributed by atoms with Crippen LogP contribution in [0.3, 0.4) is 0 Å². The van der Waals surface area contributed by atoms with Crippen molar-refractivity contribution in [2.75, 3.05) is 30.9 Å². The van der Waals surface area contributed by atoms with Crippen LogP contribution in [0.15, 0.2) is 36.7 Å². The summed E-state index contributed by atoms with van der Waals surface area (Å²) in [6, 6.07) is 10.2. The molecule has 1 aliphatic rings. The van der Waals surface area contributed by atoms with Crippen molar-refractivity contribution in [1.82, 2.24) is 9.97 Å². The largest absolute Gasteiger partial charge is 0.497 e. The minimum Gasteiger partial charge on any atom is -0.497 e. The third-order valence-corrected chi connectivity index (χ3v) is 5.95. The lowest BCUT2D eigenvalue weighted by Gasteiger charge is -2.26. The van der Waals surface area contributed by atoms with E-state index in [1.165, 1.54) is 4.88 Å². The van der Waals surface area contributed by atoms with Crippen LogP contribution in [0, 0.1) is 11.3 Å². The summed E-state index contributed by atoms with van der Waals surface area (Å²) in [6.45, 7) is 1.54. The van der Waals surface area contributed by atoms with E-state index in [-0.39, 0.29) is 0 Å². The lowest BCUT2D eigenvalue weighted by atomic mass is 10.0. The minimum absolute atomic E-state index is 0.713. The maximum atomic E-state index is 9.42. The molecule has 1 N–H and O–H groups in total. The third-order valence-electron chi connectivity index (χ3n) is 4.72. The Morgan fingerprint density at radius 2 is 2.07 bits per heavy atom. The Kier molecular flexibility index (Phi) is 4.65. The number of aromatic nitrogens is 2. The molecule has 3 heterocycles. The Morgan fingerprint density at radius 1 is 1.26 bits per heavy atom. The number of nitrogens with zero attached hydrogens (tertiary/aromatic N) is 4. The standard InChI is InChI=1S/C20H19N5OS/c1-22-19-17(9-21)16-6-7-25(12-18(16)27-19)20-23-10-14(11-24-20)13-4-3-5-15(8-13)26-2/h3-5,8,10-11,22H,6-7,12H2,1-2H3. The van der Waals surface area contributed by atoms with Gasteiger partial charge in [0.15, 0.2) is 0 Å². The molecule has 6 nitrogen and oxygen atoms in total. The molecule has 0 bridgehead atoms. The lowest BCUT2D eigenvalue weighted by molar-refractivity contribution is 0.415. The van der Waals surface area contributed by atoms with Crippen LogP contribution in [-0.4, -0.2) is 30.7 Å². The molecule has 27 heavy (non-hydrogen) atoms. The van der Waals surface area contributed by atoms with Crippen molar-refractivity contribution in [1.29, 1.82) is 5.26 Å². The molecule has 0 amide bonds.